The maximum Gasteiger partial charge on any atom is 0.251 e. The van der Waals surface area contributed by atoms with Gasteiger partial charge in [0.25, 0.3) is 5.91 Å². The Hall–Kier alpha value is -2.69. The number of pyridine rings is 1. The topological polar surface area (TPSA) is 59.3 Å². The van der Waals surface area contributed by atoms with Crippen LogP contribution in [0.3, 0.4) is 0 Å². The van der Waals surface area contributed by atoms with Crippen LogP contribution in [-0.4, -0.2) is 20.5 Å². The van der Waals surface area contributed by atoms with Gasteiger partial charge in [-0.05, 0) is 48.6 Å². The number of hydrogen-bond donors (Lipinski definition) is 1. The fourth-order valence-corrected chi connectivity index (χ4v) is 3.16. The van der Waals surface area contributed by atoms with Crippen molar-refractivity contribution in [3.05, 3.63) is 65.6 Å². The van der Waals surface area contributed by atoms with E-state index in [-0.39, 0.29) is 11.9 Å². The van der Waals surface area contributed by atoms with E-state index in [1.807, 2.05) is 53.1 Å². The summed E-state index contributed by atoms with van der Waals surface area (Å²) in [6.45, 7) is 6.49. The molecule has 5 heteroatoms. The van der Waals surface area contributed by atoms with Crippen LogP contribution in [0.5, 0.6) is 0 Å². The van der Waals surface area contributed by atoms with Crippen molar-refractivity contribution in [1.82, 2.24) is 19.9 Å². The number of carbonyl (C=O) groups is 1. The van der Waals surface area contributed by atoms with E-state index in [0.717, 1.165) is 30.7 Å². The zero-order chi connectivity index (χ0) is 18.5. The molecule has 26 heavy (non-hydrogen) atoms. The molecule has 0 spiro atoms. The van der Waals surface area contributed by atoms with Gasteiger partial charge in [0.05, 0.1) is 6.04 Å². The number of nitrogens with zero attached hydrogens (tertiary/aromatic N) is 3. The maximum absolute atomic E-state index is 12.7. The Morgan fingerprint density at radius 3 is 2.58 bits per heavy atom. The molecule has 2 aromatic heterocycles. The van der Waals surface area contributed by atoms with E-state index < -0.39 is 0 Å². The third-order valence-electron chi connectivity index (χ3n) is 4.39. The lowest BCUT2D eigenvalue weighted by atomic mass is 10.0. The molecule has 3 aromatic rings. The maximum atomic E-state index is 12.7. The summed E-state index contributed by atoms with van der Waals surface area (Å²) in [5, 5.41) is 11.6. The van der Waals surface area contributed by atoms with Gasteiger partial charge in [0.1, 0.15) is 0 Å². The lowest BCUT2D eigenvalue weighted by molar-refractivity contribution is 0.0932. The third kappa shape index (κ3) is 4.10. The Balaban J connectivity index is 1.78. The van der Waals surface area contributed by atoms with Crippen LogP contribution in [0.2, 0.25) is 0 Å². The normalized spacial score (nSPS) is 12.5. The molecule has 0 saturated carbocycles. The Morgan fingerprint density at radius 2 is 1.88 bits per heavy atom. The first-order chi connectivity index (χ1) is 12.6. The van der Waals surface area contributed by atoms with E-state index in [9.17, 15) is 4.79 Å². The Morgan fingerprint density at radius 1 is 1.12 bits per heavy atom. The van der Waals surface area contributed by atoms with Gasteiger partial charge in [-0.3, -0.25) is 9.20 Å². The summed E-state index contributed by atoms with van der Waals surface area (Å²) in [5.41, 5.74) is 2.72. The molecule has 1 amide bonds. The molecule has 136 valence electrons. The first-order valence-corrected chi connectivity index (χ1v) is 9.28. The zero-order valence-electron chi connectivity index (χ0n) is 15.6. The van der Waals surface area contributed by atoms with Crippen LogP contribution < -0.4 is 5.32 Å². The number of nitrogens with one attached hydrogen (secondary N) is 1. The SMILES string of the molecule is CCCC(NC(=O)c1ccc(CC(C)C)cc1)c1nnc2ccccn12. The number of fused-ring (bicyclic) bond motifs is 1. The number of hydrogen-bond acceptors (Lipinski definition) is 3. The Bertz CT molecular complexity index is 867. The second-order valence-electron chi connectivity index (χ2n) is 7.10. The quantitative estimate of drug-likeness (QED) is 0.695. The summed E-state index contributed by atoms with van der Waals surface area (Å²) in [7, 11) is 0. The predicted octanol–water partition coefficient (Wildman–Crippen LogP) is 4.20. The van der Waals surface area contributed by atoms with Gasteiger partial charge in [0.15, 0.2) is 11.5 Å². The fourth-order valence-electron chi connectivity index (χ4n) is 3.16. The molecule has 1 aromatic carbocycles. The second kappa shape index (κ2) is 8.13. The molecular formula is C21H26N4O. The molecule has 1 N–H and O–H groups in total. The van der Waals surface area contributed by atoms with Crippen LogP contribution >= 0.6 is 0 Å². The smallest absolute Gasteiger partial charge is 0.251 e. The van der Waals surface area contributed by atoms with Crippen LogP contribution in [0.4, 0.5) is 0 Å². The summed E-state index contributed by atoms with van der Waals surface area (Å²) in [6, 6.07) is 13.5. The van der Waals surface area contributed by atoms with Crippen molar-refractivity contribution >= 4 is 11.6 Å². The monoisotopic (exact) mass is 350 g/mol. The Labute approximate surface area is 154 Å². The molecule has 0 bridgehead atoms. The number of aromatic nitrogens is 3. The van der Waals surface area contributed by atoms with E-state index >= 15 is 0 Å². The minimum Gasteiger partial charge on any atom is -0.342 e. The van der Waals surface area contributed by atoms with Crippen molar-refractivity contribution in [2.75, 3.05) is 0 Å². The molecule has 2 heterocycles. The molecular weight excluding hydrogens is 324 g/mol. The lowest BCUT2D eigenvalue weighted by Crippen LogP contribution is -2.30. The Kier molecular flexibility index (Phi) is 5.66. The second-order valence-corrected chi connectivity index (χ2v) is 7.10. The van der Waals surface area contributed by atoms with Crippen LogP contribution in [0.15, 0.2) is 48.7 Å². The zero-order valence-corrected chi connectivity index (χ0v) is 15.6. The van der Waals surface area contributed by atoms with Crippen molar-refractivity contribution < 1.29 is 4.79 Å². The highest BCUT2D eigenvalue weighted by molar-refractivity contribution is 5.94. The van der Waals surface area contributed by atoms with Gasteiger partial charge in [-0.15, -0.1) is 10.2 Å². The van der Waals surface area contributed by atoms with Gasteiger partial charge < -0.3 is 5.32 Å². The molecule has 0 aliphatic heterocycles. The van der Waals surface area contributed by atoms with Gasteiger partial charge >= 0.3 is 0 Å². The average molecular weight is 350 g/mol. The van der Waals surface area contributed by atoms with Crippen molar-refractivity contribution in [2.45, 2.75) is 46.1 Å². The van der Waals surface area contributed by atoms with Crippen molar-refractivity contribution in [3.63, 3.8) is 0 Å². The number of benzene rings is 1. The van der Waals surface area contributed by atoms with Gasteiger partial charge in [-0.1, -0.05) is 45.4 Å². The third-order valence-corrected chi connectivity index (χ3v) is 4.39. The summed E-state index contributed by atoms with van der Waals surface area (Å²) in [6.07, 6.45) is 4.71. The van der Waals surface area contributed by atoms with Crippen molar-refractivity contribution in [1.29, 1.82) is 0 Å². The van der Waals surface area contributed by atoms with E-state index in [1.54, 1.807) is 0 Å². The highest BCUT2D eigenvalue weighted by Crippen LogP contribution is 2.19. The van der Waals surface area contributed by atoms with E-state index in [1.165, 1.54) is 5.56 Å². The standard InChI is InChI=1S/C21H26N4O/c1-4-7-18(20-24-23-19-8-5-6-13-25(19)20)22-21(26)17-11-9-16(10-12-17)14-15(2)3/h5-6,8-13,15,18H,4,7,14H2,1-3H3,(H,22,26). The lowest BCUT2D eigenvalue weighted by Gasteiger charge is -2.17. The molecule has 0 saturated heterocycles. The molecule has 1 unspecified atom stereocenters. The van der Waals surface area contributed by atoms with Crippen LogP contribution in [0, 0.1) is 5.92 Å². The first kappa shape index (κ1) is 18.1. The summed E-state index contributed by atoms with van der Waals surface area (Å²) in [5.74, 6) is 1.30. The van der Waals surface area contributed by atoms with Gasteiger partial charge in [0, 0.05) is 11.8 Å². The van der Waals surface area contributed by atoms with Crippen LogP contribution in [0.1, 0.15) is 61.4 Å². The van der Waals surface area contributed by atoms with Gasteiger partial charge in [-0.25, -0.2) is 0 Å². The fraction of sp³-hybridized carbons (Fsp3) is 0.381. The average Bonchev–Trinajstić information content (AvgIpc) is 3.05. The summed E-state index contributed by atoms with van der Waals surface area (Å²) < 4.78 is 1.94. The minimum absolute atomic E-state index is 0.0766. The molecule has 0 radical (unpaired) electrons. The minimum atomic E-state index is -0.166. The van der Waals surface area contributed by atoms with Gasteiger partial charge in [-0.2, -0.15) is 0 Å². The molecule has 0 fully saturated rings. The van der Waals surface area contributed by atoms with Gasteiger partial charge in [0.2, 0.25) is 0 Å². The van der Waals surface area contributed by atoms with Crippen LogP contribution in [-0.2, 0) is 6.42 Å². The van der Waals surface area contributed by atoms with Crippen molar-refractivity contribution in [2.24, 2.45) is 5.92 Å². The number of rotatable bonds is 7. The molecule has 5 nitrogen and oxygen atoms in total. The first-order valence-electron chi connectivity index (χ1n) is 9.28. The van der Waals surface area contributed by atoms with E-state index in [4.69, 9.17) is 0 Å². The summed E-state index contributed by atoms with van der Waals surface area (Å²) >= 11 is 0. The number of amides is 1. The molecule has 0 aliphatic carbocycles. The predicted molar refractivity (Wildman–Crippen MR) is 103 cm³/mol. The van der Waals surface area contributed by atoms with E-state index in [0.29, 0.717) is 11.5 Å². The largest absolute Gasteiger partial charge is 0.342 e. The highest BCUT2D eigenvalue weighted by atomic mass is 16.1. The molecule has 3 rings (SSSR count). The van der Waals surface area contributed by atoms with Crippen molar-refractivity contribution in [3.8, 4) is 0 Å². The molecule has 1 atom stereocenters. The molecule has 0 aliphatic rings. The van der Waals surface area contributed by atoms with E-state index in [2.05, 4.69) is 36.3 Å². The summed E-state index contributed by atoms with van der Waals surface area (Å²) in [4.78, 5) is 12.7. The van der Waals surface area contributed by atoms with Crippen LogP contribution in [0.25, 0.3) is 5.65 Å². The highest BCUT2D eigenvalue weighted by Gasteiger charge is 2.20. The number of carbonyl (C=O) groups excluding carboxylic acids is 1.